The maximum absolute atomic E-state index is 13.8. The number of nitrogens with one attached hydrogen (secondary N) is 1. The molecule has 1 aliphatic rings. The molecule has 0 spiro atoms. The summed E-state index contributed by atoms with van der Waals surface area (Å²) in [5.74, 6) is 0.809. The van der Waals surface area contributed by atoms with Gasteiger partial charge in [-0.3, -0.25) is 0 Å². The van der Waals surface area contributed by atoms with Crippen molar-refractivity contribution in [2.75, 3.05) is 11.1 Å². The highest BCUT2D eigenvalue weighted by Gasteiger charge is 2.22. The topological polar surface area (TPSA) is 12.0 Å². The van der Waals surface area contributed by atoms with E-state index in [0.29, 0.717) is 0 Å². The van der Waals surface area contributed by atoms with Crippen molar-refractivity contribution in [3.05, 3.63) is 58.9 Å². The Morgan fingerprint density at radius 3 is 2.74 bits per heavy atom. The van der Waals surface area contributed by atoms with Crippen molar-refractivity contribution in [2.45, 2.75) is 17.4 Å². The summed E-state index contributed by atoms with van der Waals surface area (Å²) in [5, 5.41) is 4.17. The van der Waals surface area contributed by atoms with Crippen molar-refractivity contribution >= 4 is 29.1 Å². The number of benzene rings is 2. The molecule has 1 heterocycles. The Labute approximate surface area is 121 Å². The molecule has 1 N–H and O–H groups in total. The fourth-order valence-electron chi connectivity index (χ4n) is 2.28. The second-order valence-corrected chi connectivity index (χ2v) is 6.04. The first-order chi connectivity index (χ1) is 9.24. The van der Waals surface area contributed by atoms with Gasteiger partial charge in [0, 0.05) is 21.4 Å². The molecule has 1 aliphatic heterocycles. The van der Waals surface area contributed by atoms with E-state index in [1.807, 2.05) is 30.3 Å². The van der Waals surface area contributed by atoms with Crippen LogP contribution in [0.3, 0.4) is 0 Å². The average molecular weight is 294 g/mol. The lowest BCUT2D eigenvalue weighted by Gasteiger charge is -2.27. The molecule has 0 saturated heterocycles. The lowest BCUT2D eigenvalue weighted by atomic mass is 10.0. The van der Waals surface area contributed by atoms with Crippen LogP contribution in [0.15, 0.2) is 47.4 Å². The summed E-state index contributed by atoms with van der Waals surface area (Å²) in [6, 6.07) is 13.1. The molecule has 3 rings (SSSR count). The minimum atomic E-state index is -0.120. The molecular weight excluding hydrogens is 281 g/mol. The summed E-state index contributed by atoms with van der Waals surface area (Å²) < 4.78 is 13.8. The number of hydrogen-bond donors (Lipinski definition) is 1. The second-order valence-electron chi connectivity index (χ2n) is 4.50. The standard InChI is InChI=1S/C15H13ClFNS/c16-10-4-6-11(7-5-10)18-14-8-9-19-15-12(14)2-1-3-13(15)17/h1-7,14,18H,8-9H2. The molecule has 4 heteroatoms. The van der Waals surface area contributed by atoms with Crippen LogP contribution in [0.25, 0.3) is 0 Å². The van der Waals surface area contributed by atoms with Crippen LogP contribution >= 0.6 is 23.4 Å². The minimum Gasteiger partial charge on any atom is -0.378 e. The van der Waals surface area contributed by atoms with Crippen LogP contribution in [0.4, 0.5) is 10.1 Å². The highest BCUT2D eigenvalue weighted by Crippen LogP contribution is 2.39. The Morgan fingerprint density at radius 2 is 1.95 bits per heavy atom. The number of fused-ring (bicyclic) bond motifs is 1. The van der Waals surface area contributed by atoms with Crippen molar-refractivity contribution in [1.82, 2.24) is 0 Å². The van der Waals surface area contributed by atoms with Gasteiger partial charge in [0.2, 0.25) is 0 Å². The summed E-state index contributed by atoms with van der Waals surface area (Å²) >= 11 is 7.47. The molecule has 1 atom stereocenters. The molecule has 0 radical (unpaired) electrons. The molecule has 1 nitrogen and oxygen atoms in total. The zero-order valence-corrected chi connectivity index (χ0v) is 11.8. The average Bonchev–Trinajstić information content (AvgIpc) is 2.43. The maximum atomic E-state index is 13.8. The van der Waals surface area contributed by atoms with E-state index < -0.39 is 0 Å². The quantitative estimate of drug-likeness (QED) is 0.824. The third kappa shape index (κ3) is 2.72. The van der Waals surface area contributed by atoms with E-state index >= 15 is 0 Å². The van der Waals surface area contributed by atoms with Gasteiger partial charge in [-0.1, -0.05) is 23.7 Å². The predicted octanol–water partition coefficient (Wildman–Crippen LogP) is 5.13. The molecule has 0 amide bonds. The van der Waals surface area contributed by atoms with Crippen molar-refractivity contribution < 1.29 is 4.39 Å². The lowest BCUT2D eigenvalue weighted by Crippen LogP contribution is -2.16. The lowest BCUT2D eigenvalue weighted by molar-refractivity contribution is 0.585. The van der Waals surface area contributed by atoms with E-state index in [-0.39, 0.29) is 11.9 Å². The smallest absolute Gasteiger partial charge is 0.137 e. The normalized spacial score (nSPS) is 17.9. The van der Waals surface area contributed by atoms with Gasteiger partial charge in [-0.2, -0.15) is 0 Å². The maximum Gasteiger partial charge on any atom is 0.137 e. The largest absolute Gasteiger partial charge is 0.378 e. The highest BCUT2D eigenvalue weighted by atomic mass is 35.5. The van der Waals surface area contributed by atoms with Crippen LogP contribution in [0.5, 0.6) is 0 Å². The highest BCUT2D eigenvalue weighted by molar-refractivity contribution is 7.99. The van der Waals surface area contributed by atoms with Crippen LogP contribution in [-0.2, 0) is 0 Å². The number of anilines is 1. The van der Waals surface area contributed by atoms with Gasteiger partial charge in [-0.05, 0) is 42.3 Å². The third-order valence-corrected chi connectivity index (χ3v) is 4.62. The molecular formula is C15H13ClFNS. The fourth-order valence-corrected chi connectivity index (χ4v) is 3.55. The minimum absolute atomic E-state index is 0.120. The molecule has 0 fully saturated rings. The van der Waals surface area contributed by atoms with Crippen LogP contribution in [-0.4, -0.2) is 5.75 Å². The number of halogens is 2. The van der Waals surface area contributed by atoms with Crippen molar-refractivity contribution in [2.24, 2.45) is 0 Å². The Bertz CT molecular complexity index is 585. The van der Waals surface area contributed by atoms with E-state index in [0.717, 1.165) is 33.3 Å². The second kappa shape index (κ2) is 5.43. The van der Waals surface area contributed by atoms with Crippen LogP contribution < -0.4 is 5.32 Å². The first kappa shape index (κ1) is 12.8. The SMILES string of the molecule is Fc1cccc2c1SCCC2Nc1ccc(Cl)cc1. The van der Waals surface area contributed by atoms with Gasteiger partial charge in [0.05, 0.1) is 6.04 Å². The Balaban J connectivity index is 1.88. The fraction of sp³-hybridized carbons (Fsp3) is 0.200. The number of thioether (sulfide) groups is 1. The van der Waals surface area contributed by atoms with Crippen molar-refractivity contribution in [3.8, 4) is 0 Å². The van der Waals surface area contributed by atoms with Gasteiger partial charge < -0.3 is 5.32 Å². The summed E-state index contributed by atoms with van der Waals surface area (Å²) in [7, 11) is 0. The van der Waals surface area contributed by atoms with Gasteiger partial charge in [0.1, 0.15) is 5.82 Å². The van der Waals surface area contributed by atoms with Gasteiger partial charge in [-0.15, -0.1) is 11.8 Å². The third-order valence-electron chi connectivity index (χ3n) is 3.21. The first-order valence-electron chi connectivity index (χ1n) is 6.17. The summed E-state index contributed by atoms with van der Waals surface area (Å²) in [4.78, 5) is 0.778. The van der Waals surface area contributed by atoms with Crippen LogP contribution in [0, 0.1) is 5.82 Å². The van der Waals surface area contributed by atoms with E-state index in [2.05, 4.69) is 5.32 Å². The summed E-state index contributed by atoms with van der Waals surface area (Å²) in [6.45, 7) is 0. The molecule has 0 aliphatic carbocycles. The van der Waals surface area contributed by atoms with Gasteiger partial charge >= 0.3 is 0 Å². The molecule has 2 aromatic carbocycles. The van der Waals surface area contributed by atoms with Gasteiger partial charge in [-0.25, -0.2) is 4.39 Å². The molecule has 2 aromatic rings. The van der Waals surface area contributed by atoms with Crippen LogP contribution in [0.1, 0.15) is 18.0 Å². The molecule has 0 aromatic heterocycles. The monoisotopic (exact) mass is 293 g/mol. The van der Waals surface area contributed by atoms with E-state index in [1.165, 1.54) is 6.07 Å². The summed E-state index contributed by atoms with van der Waals surface area (Å²) in [6.07, 6.45) is 0.990. The first-order valence-corrected chi connectivity index (χ1v) is 7.54. The van der Waals surface area contributed by atoms with E-state index in [1.54, 1.807) is 17.8 Å². The Kier molecular flexibility index (Phi) is 3.67. The van der Waals surface area contributed by atoms with Crippen molar-refractivity contribution in [1.29, 1.82) is 0 Å². The predicted molar refractivity (Wildman–Crippen MR) is 79.6 cm³/mol. The number of rotatable bonds is 2. The van der Waals surface area contributed by atoms with E-state index in [4.69, 9.17) is 11.6 Å². The van der Waals surface area contributed by atoms with E-state index in [9.17, 15) is 4.39 Å². The summed E-state index contributed by atoms with van der Waals surface area (Å²) in [5.41, 5.74) is 2.06. The van der Waals surface area contributed by atoms with Gasteiger partial charge in [0.25, 0.3) is 0 Å². The molecule has 19 heavy (non-hydrogen) atoms. The number of hydrogen-bond acceptors (Lipinski definition) is 2. The Hall–Kier alpha value is -1.19. The van der Waals surface area contributed by atoms with Crippen LogP contribution in [0.2, 0.25) is 5.02 Å². The molecule has 1 unspecified atom stereocenters. The zero-order valence-electron chi connectivity index (χ0n) is 10.2. The van der Waals surface area contributed by atoms with Gasteiger partial charge in [0.15, 0.2) is 0 Å². The molecule has 0 saturated carbocycles. The van der Waals surface area contributed by atoms with Crippen molar-refractivity contribution in [3.63, 3.8) is 0 Å². The molecule has 0 bridgehead atoms. The Morgan fingerprint density at radius 1 is 1.16 bits per heavy atom. The molecule has 98 valence electrons. The zero-order chi connectivity index (χ0) is 13.2.